The predicted molar refractivity (Wildman–Crippen MR) is 119 cm³/mol. The lowest BCUT2D eigenvalue weighted by molar-refractivity contribution is -0.120. The fourth-order valence-corrected chi connectivity index (χ4v) is 5.89. The Hall–Kier alpha value is -2.22. The molecule has 2 aliphatic rings. The number of nitrogens with two attached hydrogens (primary N) is 1. The van der Waals surface area contributed by atoms with Gasteiger partial charge < -0.3 is 15.9 Å². The van der Waals surface area contributed by atoms with Gasteiger partial charge in [0.2, 0.25) is 11.1 Å². The molecular weight excluding hydrogens is 398 g/mol. The van der Waals surface area contributed by atoms with Gasteiger partial charge in [0.15, 0.2) is 5.82 Å². The Bertz CT molecular complexity index is 926. The number of hydrogen-bond donors (Lipinski definition) is 2. The molecule has 0 radical (unpaired) electrons. The molecule has 1 heterocycles. The molecular formula is C22H31N5O2S. The van der Waals surface area contributed by atoms with Crippen molar-refractivity contribution in [3.05, 3.63) is 24.3 Å². The Labute approximate surface area is 182 Å². The number of rotatable bonds is 7. The van der Waals surface area contributed by atoms with E-state index in [9.17, 15) is 4.79 Å². The van der Waals surface area contributed by atoms with Gasteiger partial charge in [0.25, 0.3) is 0 Å². The Kier molecular flexibility index (Phi) is 5.46. The Morgan fingerprint density at radius 3 is 2.63 bits per heavy atom. The van der Waals surface area contributed by atoms with E-state index in [1.165, 1.54) is 29.3 Å². The summed E-state index contributed by atoms with van der Waals surface area (Å²) in [4.78, 5) is 12.6. The van der Waals surface area contributed by atoms with E-state index in [0.29, 0.717) is 23.5 Å². The molecule has 0 aliphatic heterocycles. The number of aromatic nitrogens is 3. The number of ether oxygens (including phenoxy) is 1. The quantitative estimate of drug-likeness (QED) is 0.517. The van der Waals surface area contributed by atoms with Crippen molar-refractivity contribution in [3.8, 4) is 17.1 Å². The summed E-state index contributed by atoms with van der Waals surface area (Å²) >= 11 is 1.31. The van der Waals surface area contributed by atoms with Crippen LogP contribution in [0.1, 0.15) is 47.0 Å². The van der Waals surface area contributed by atoms with Crippen molar-refractivity contribution in [1.82, 2.24) is 20.2 Å². The zero-order valence-corrected chi connectivity index (χ0v) is 19.0. The van der Waals surface area contributed by atoms with Crippen LogP contribution in [0.2, 0.25) is 0 Å². The Balaban J connectivity index is 1.36. The van der Waals surface area contributed by atoms with E-state index in [2.05, 4.69) is 36.3 Å². The number of carbonyl (C=O) groups excluding carboxylic acids is 1. The maximum Gasteiger partial charge on any atom is 0.230 e. The molecule has 4 rings (SSSR count). The average molecular weight is 430 g/mol. The molecule has 0 spiro atoms. The van der Waals surface area contributed by atoms with Crippen LogP contribution in [0.5, 0.6) is 5.75 Å². The molecule has 8 heteroatoms. The molecule has 1 amide bonds. The van der Waals surface area contributed by atoms with Crippen molar-refractivity contribution < 1.29 is 9.53 Å². The number of thioether (sulfide) groups is 1. The molecule has 0 saturated heterocycles. The smallest absolute Gasteiger partial charge is 0.230 e. The number of fused-ring (bicyclic) bond motifs is 2. The van der Waals surface area contributed by atoms with Crippen LogP contribution in [0.4, 0.5) is 0 Å². The van der Waals surface area contributed by atoms with Crippen LogP contribution in [0, 0.1) is 16.7 Å². The van der Waals surface area contributed by atoms with Gasteiger partial charge in [-0.2, -0.15) is 0 Å². The number of nitrogens with one attached hydrogen (secondary N) is 1. The first-order valence-electron chi connectivity index (χ1n) is 10.6. The molecule has 2 saturated carbocycles. The highest BCUT2D eigenvalue weighted by Crippen LogP contribution is 2.65. The first-order chi connectivity index (χ1) is 14.3. The molecule has 1 aromatic heterocycles. The van der Waals surface area contributed by atoms with E-state index in [1.54, 1.807) is 0 Å². The molecule has 2 aliphatic carbocycles. The zero-order chi connectivity index (χ0) is 21.5. The van der Waals surface area contributed by atoms with E-state index in [4.69, 9.17) is 10.6 Å². The third-order valence-electron chi connectivity index (χ3n) is 7.55. The fourth-order valence-electron chi connectivity index (χ4n) is 5.23. The van der Waals surface area contributed by atoms with E-state index >= 15 is 0 Å². The Morgan fingerprint density at radius 1 is 1.30 bits per heavy atom. The number of amides is 1. The number of benzene rings is 1. The molecule has 3 N–H and O–H groups in total. The number of hydrogen-bond acceptors (Lipinski definition) is 6. The molecule has 1 aromatic carbocycles. The minimum absolute atomic E-state index is 0.0280. The van der Waals surface area contributed by atoms with Crippen LogP contribution in [0.25, 0.3) is 11.4 Å². The highest BCUT2D eigenvalue weighted by molar-refractivity contribution is 7.99. The number of nitrogen functional groups attached to an aromatic ring is 1. The largest absolute Gasteiger partial charge is 0.494 e. The second kappa shape index (κ2) is 7.80. The maximum absolute atomic E-state index is 12.6. The molecule has 7 nitrogen and oxygen atoms in total. The molecule has 162 valence electrons. The summed E-state index contributed by atoms with van der Waals surface area (Å²) in [5, 5.41) is 12.2. The average Bonchev–Trinajstić information content (AvgIpc) is 3.25. The SMILES string of the molecule is CCOc1ccc(-c2nnc(SCC(=O)NC3CC4CCC3(C)C4(C)C)n2N)cc1. The van der Waals surface area contributed by atoms with E-state index < -0.39 is 0 Å². The van der Waals surface area contributed by atoms with Gasteiger partial charge in [0.1, 0.15) is 5.75 Å². The van der Waals surface area contributed by atoms with Crippen LogP contribution >= 0.6 is 11.8 Å². The van der Waals surface area contributed by atoms with Crippen LogP contribution in [-0.4, -0.2) is 39.2 Å². The van der Waals surface area contributed by atoms with E-state index in [1.807, 2.05) is 31.2 Å². The third kappa shape index (κ3) is 3.45. The summed E-state index contributed by atoms with van der Waals surface area (Å²) in [6.45, 7) is 9.60. The first-order valence-corrected chi connectivity index (χ1v) is 11.6. The summed E-state index contributed by atoms with van der Waals surface area (Å²) in [5.74, 6) is 8.55. The topological polar surface area (TPSA) is 95.1 Å². The summed E-state index contributed by atoms with van der Waals surface area (Å²) in [6.07, 6.45) is 3.54. The number of nitrogens with zero attached hydrogens (tertiary/aromatic N) is 3. The normalized spacial score (nSPS) is 26.7. The first kappa shape index (κ1) is 21.0. The van der Waals surface area contributed by atoms with Gasteiger partial charge in [-0.1, -0.05) is 32.5 Å². The number of carbonyl (C=O) groups is 1. The van der Waals surface area contributed by atoms with Crippen molar-refractivity contribution in [2.75, 3.05) is 18.2 Å². The lowest BCUT2D eigenvalue weighted by Gasteiger charge is -2.39. The summed E-state index contributed by atoms with van der Waals surface area (Å²) in [6, 6.07) is 7.80. The monoisotopic (exact) mass is 429 g/mol. The molecule has 3 unspecified atom stereocenters. The van der Waals surface area contributed by atoms with Gasteiger partial charge in [-0.15, -0.1) is 10.2 Å². The van der Waals surface area contributed by atoms with Gasteiger partial charge in [0.05, 0.1) is 12.4 Å². The highest BCUT2D eigenvalue weighted by atomic mass is 32.2. The van der Waals surface area contributed by atoms with Gasteiger partial charge in [-0.05, 0) is 67.2 Å². The minimum atomic E-state index is 0.0280. The van der Waals surface area contributed by atoms with Gasteiger partial charge in [0, 0.05) is 11.6 Å². The third-order valence-corrected chi connectivity index (χ3v) is 8.49. The van der Waals surface area contributed by atoms with Crippen LogP contribution in [0.3, 0.4) is 0 Å². The zero-order valence-electron chi connectivity index (χ0n) is 18.1. The standard InChI is InChI=1S/C22H31N5O2S/c1-5-29-16-8-6-14(7-9-16)19-25-26-20(27(19)23)30-13-18(28)24-17-12-15-10-11-22(17,4)21(15,2)3/h6-9,15,17H,5,10-13,23H2,1-4H3,(H,24,28). The summed E-state index contributed by atoms with van der Waals surface area (Å²) < 4.78 is 6.91. The van der Waals surface area contributed by atoms with Crippen LogP contribution in [-0.2, 0) is 4.79 Å². The second-order valence-corrected chi connectivity index (χ2v) is 10.1. The Morgan fingerprint density at radius 2 is 2.03 bits per heavy atom. The van der Waals surface area contributed by atoms with Crippen molar-refractivity contribution in [2.45, 2.75) is 58.2 Å². The van der Waals surface area contributed by atoms with Crippen molar-refractivity contribution >= 4 is 17.7 Å². The minimum Gasteiger partial charge on any atom is -0.494 e. The molecule has 30 heavy (non-hydrogen) atoms. The molecule has 3 atom stereocenters. The summed E-state index contributed by atoms with van der Waals surface area (Å²) in [5.41, 5.74) is 1.30. The fraction of sp³-hybridized carbons (Fsp3) is 0.591. The van der Waals surface area contributed by atoms with E-state index in [-0.39, 0.29) is 28.5 Å². The van der Waals surface area contributed by atoms with Gasteiger partial charge in [-0.25, -0.2) is 4.68 Å². The van der Waals surface area contributed by atoms with Crippen molar-refractivity contribution in [2.24, 2.45) is 16.7 Å². The van der Waals surface area contributed by atoms with Crippen LogP contribution in [0.15, 0.2) is 29.4 Å². The van der Waals surface area contributed by atoms with Gasteiger partial charge >= 0.3 is 0 Å². The van der Waals surface area contributed by atoms with Crippen molar-refractivity contribution in [1.29, 1.82) is 0 Å². The van der Waals surface area contributed by atoms with E-state index in [0.717, 1.165) is 17.7 Å². The van der Waals surface area contributed by atoms with Crippen molar-refractivity contribution in [3.63, 3.8) is 0 Å². The lowest BCUT2D eigenvalue weighted by atomic mass is 9.69. The molecule has 2 bridgehead atoms. The maximum atomic E-state index is 12.6. The predicted octanol–water partition coefficient (Wildman–Crippen LogP) is 3.48. The van der Waals surface area contributed by atoms with Crippen LogP contribution < -0.4 is 15.9 Å². The highest BCUT2D eigenvalue weighted by Gasteiger charge is 2.61. The molecule has 2 aromatic rings. The second-order valence-electron chi connectivity index (χ2n) is 9.15. The van der Waals surface area contributed by atoms with Gasteiger partial charge in [-0.3, -0.25) is 4.79 Å². The lowest BCUT2D eigenvalue weighted by Crippen LogP contribution is -2.47. The molecule has 2 fully saturated rings. The summed E-state index contributed by atoms with van der Waals surface area (Å²) in [7, 11) is 0.